The molecule has 0 aliphatic heterocycles. The van der Waals surface area contributed by atoms with Crippen molar-refractivity contribution in [2.75, 3.05) is 20.3 Å². The molecular weight excluding hydrogens is 282 g/mol. The SMILES string of the molecule is CCCCCOC(=O)/C=C/c1ccc(OC)c(OCC#N)c1. The fourth-order valence-electron chi connectivity index (χ4n) is 1.76. The number of nitriles is 1. The molecule has 5 heteroatoms. The summed E-state index contributed by atoms with van der Waals surface area (Å²) in [7, 11) is 1.53. The Morgan fingerprint density at radius 3 is 2.82 bits per heavy atom. The van der Waals surface area contributed by atoms with Gasteiger partial charge in [-0.2, -0.15) is 5.26 Å². The lowest BCUT2D eigenvalue weighted by Crippen LogP contribution is -2.02. The summed E-state index contributed by atoms with van der Waals surface area (Å²) < 4.78 is 15.5. The minimum absolute atomic E-state index is 0.0665. The molecule has 0 saturated carbocycles. The zero-order valence-electron chi connectivity index (χ0n) is 13.0. The van der Waals surface area contributed by atoms with Crippen LogP contribution in [0, 0.1) is 11.3 Å². The van der Waals surface area contributed by atoms with E-state index in [0.717, 1.165) is 24.8 Å². The standard InChI is InChI=1S/C17H21NO4/c1-3-4-5-11-22-17(19)9-7-14-6-8-15(20-2)16(13-14)21-12-10-18/h6-9,13H,3-5,11-12H2,1-2H3/b9-7+. The summed E-state index contributed by atoms with van der Waals surface area (Å²) in [5.41, 5.74) is 0.763. The predicted octanol–water partition coefficient (Wildman–Crippen LogP) is 3.34. The van der Waals surface area contributed by atoms with Crippen LogP contribution in [0.5, 0.6) is 11.5 Å². The first kappa shape index (κ1) is 17.6. The average molecular weight is 303 g/mol. The Morgan fingerprint density at radius 1 is 1.32 bits per heavy atom. The zero-order valence-corrected chi connectivity index (χ0v) is 13.0. The van der Waals surface area contributed by atoms with Gasteiger partial charge in [0.15, 0.2) is 18.1 Å². The third-order valence-electron chi connectivity index (χ3n) is 2.88. The maximum absolute atomic E-state index is 11.6. The maximum atomic E-state index is 11.6. The molecule has 1 aromatic carbocycles. The third kappa shape index (κ3) is 6.31. The second-order valence-electron chi connectivity index (χ2n) is 4.57. The van der Waals surface area contributed by atoms with Crippen molar-refractivity contribution < 1.29 is 19.0 Å². The van der Waals surface area contributed by atoms with Crippen LogP contribution in [-0.2, 0) is 9.53 Å². The van der Waals surface area contributed by atoms with Gasteiger partial charge in [-0.15, -0.1) is 0 Å². The fourth-order valence-corrected chi connectivity index (χ4v) is 1.76. The summed E-state index contributed by atoms with van der Waals surface area (Å²) in [4.78, 5) is 11.6. The van der Waals surface area contributed by atoms with Crippen LogP contribution >= 0.6 is 0 Å². The second kappa shape index (κ2) is 10.3. The van der Waals surface area contributed by atoms with E-state index in [1.807, 2.05) is 6.07 Å². The van der Waals surface area contributed by atoms with Crippen molar-refractivity contribution in [1.82, 2.24) is 0 Å². The summed E-state index contributed by atoms with van der Waals surface area (Å²) >= 11 is 0. The van der Waals surface area contributed by atoms with Gasteiger partial charge in [0.25, 0.3) is 0 Å². The van der Waals surface area contributed by atoms with E-state index in [1.165, 1.54) is 13.2 Å². The number of carbonyl (C=O) groups is 1. The van der Waals surface area contributed by atoms with Crippen molar-refractivity contribution in [3.63, 3.8) is 0 Å². The lowest BCUT2D eigenvalue weighted by Gasteiger charge is -2.08. The lowest BCUT2D eigenvalue weighted by atomic mass is 10.2. The molecule has 0 saturated heterocycles. The monoisotopic (exact) mass is 303 g/mol. The highest BCUT2D eigenvalue weighted by Crippen LogP contribution is 2.28. The first-order chi connectivity index (χ1) is 10.7. The Labute approximate surface area is 131 Å². The van der Waals surface area contributed by atoms with Crippen LogP contribution in [-0.4, -0.2) is 26.3 Å². The van der Waals surface area contributed by atoms with Crippen LogP contribution < -0.4 is 9.47 Å². The highest BCUT2D eigenvalue weighted by atomic mass is 16.5. The molecule has 0 unspecified atom stereocenters. The van der Waals surface area contributed by atoms with Crippen molar-refractivity contribution in [2.45, 2.75) is 26.2 Å². The fraction of sp³-hybridized carbons (Fsp3) is 0.412. The van der Waals surface area contributed by atoms with Gasteiger partial charge in [0.2, 0.25) is 0 Å². The van der Waals surface area contributed by atoms with E-state index >= 15 is 0 Å². The summed E-state index contributed by atoms with van der Waals surface area (Å²) in [5, 5.41) is 8.57. The number of nitrogens with zero attached hydrogens (tertiary/aromatic N) is 1. The topological polar surface area (TPSA) is 68.6 Å². The summed E-state index contributed by atoms with van der Waals surface area (Å²) in [6.45, 7) is 2.47. The zero-order chi connectivity index (χ0) is 16.2. The van der Waals surface area contributed by atoms with Crippen LogP contribution in [0.25, 0.3) is 6.08 Å². The quantitative estimate of drug-likeness (QED) is 0.397. The van der Waals surface area contributed by atoms with Gasteiger partial charge in [-0.05, 0) is 30.2 Å². The molecule has 0 N–H and O–H groups in total. The number of rotatable bonds is 9. The summed E-state index contributed by atoms with van der Waals surface area (Å²) in [5.74, 6) is 0.628. The maximum Gasteiger partial charge on any atom is 0.330 e. The lowest BCUT2D eigenvalue weighted by molar-refractivity contribution is -0.137. The first-order valence-corrected chi connectivity index (χ1v) is 7.24. The number of hydrogen-bond donors (Lipinski definition) is 0. The van der Waals surface area contributed by atoms with Crippen molar-refractivity contribution in [2.24, 2.45) is 0 Å². The van der Waals surface area contributed by atoms with E-state index in [2.05, 4.69) is 6.92 Å². The predicted molar refractivity (Wildman–Crippen MR) is 83.6 cm³/mol. The molecule has 1 aromatic rings. The highest BCUT2D eigenvalue weighted by Gasteiger charge is 2.05. The molecule has 22 heavy (non-hydrogen) atoms. The minimum atomic E-state index is -0.369. The van der Waals surface area contributed by atoms with E-state index in [-0.39, 0.29) is 12.6 Å². The van der Waals surface area contributed by atoms with Crippen molar-refractivity contribution in [1.29, 1.82) is 5.26 Å². The molecule has 0 radical (unpaired) electrons. The van der Waals surface area contributed by atoms with Gasteiger partial charge in [0.05, 0.1) is 13.7 Å². The molecule has 0 aliphatic rings. The van der Waals surface area contributed by atoms with Gasteiger partial charge in [-0.3, -0.25) is 0 Å². The van der Waals surface area contributed by atoms with Gasteiger partial charge in [0.1, 0.15) is 6.07 Å². The van der Waals surface area contributed by atoms with Gasteiger partial charge in [0, 0.05) is 6.08 Å². The van der Waals surface area contributed by atoms with E-state index in [4.69, 9.17) is 19.5 Å². The van der Waals surface area contributed by atoms with Gasteiger partial charge in [-0.1, -0.05) is 25.8 Å². The molecular formula is C17H21NO4. The Kier molecular flexibility index (Phi) is 8.21. The summed E-state index contributed by atoms with van der Waals surface area (Å²) in [6, 6.07) is 7.12. The normalized spacial score (nSPS) is 10.2. The molecule has 0 fully saturated rings. The largest absolute Gasteiger partial charge is 0.493 e. The first-order valence-electron chi connectivity index (χ1n) is 7.24. The van der Waals surface area contributed by atoms with E-state index in [1.54, 1.807) is 24.3 Å². The molecule has 0 atom stereocenters. The second-order valence-corrected chi connectivity index (χ2v) is 4.57. The van der Waals surface area contributed by atoms with E-state index in [0.29, 0.717) is 18.1 Å². The van der Waals surface area contributed by atoms with Crippen LogP contribution in [0.3, 0.4) is 0 Å². The number of methoxy groups -OCH3 is 1. The van der Waals surface area contributed by atoms with Crippen molar-refractivity contribution in [3.8, 4) is 17.6 Å². The van der Waals surface area contributed by atoms with Crippen LogP contribution in [0.1, 0.15) is 31.7 Å². The number of esters is 1. The smallest absolute Gasteiger partial charge is 0.330 e. The van der Waals surface area contributed by atoms with E-state index in [9.17, 15) is 4.79 Å². The van der Waals surface area contributed by atoms with Gasteiger partial charge >= 0.3 is 5.97 Å². The van der Waals surface area contributed by atoms with Crippen LogP contribution in [0.2, 0.25) is 0 Å². The molecule has 118 valence electrons. The third-order valence-corrected chi connectivity index (χ3v) is 2.88. The highest BCUT2D eigenvalue weighted by molar-refractivity contribution is 5.87. The minimum Gasteiger partial charge on any atom is -0.493 e. The molecule has 0 heterocycles. The molecule has 5 nitrogen and oxygen atoms in total. The number of hydrogen-bond acceptors (Lipinski definition) is 5. The van der Waals surface area contributed by atoms with Crippen molar-refractivity contribution in [3.05, 3.63) is 29.8 Å². The Morgan fingerprint density at radius 2 is 2.14 bits per heavy atom. The molecule has 0 amide bonds. The van der Waals surface area contributed by atoms with Gasteiger partial charge < -0.3 is 14.2 Å². The number of unbranched alkanes of at least 4 members (excludes halogenated alkanes) is 2. The number of benzene rings is 1. The molecule has 0 aromatic heterocycles. The molecule has 0 aliphatic carbocycles. The van der Waals surface area contributed by atoms with Crippen LogP contribution in [0.15, 0.2) is 24.3 Å². The average Bonchev–Trinajstić information content (AvgIpc) is 2.55. The Bertz CT molecular complexity index is 546. The summed E-state index contributed by atoms with van der Waals surface area (Å²) in [6.07, 6.45) is 6.03. The van der Waals surface area contributed by atoms with E-state index < -0.39 is 0 Å². The Balaban J connectivity index is 2.62. The molecule has 0 bridgehead atoms. The molecule has 0 spiro atoms. The number of carbonyl (C=O) groups excluding carboxylic acids is 1. The van der Waals surface area contributed by atoms with Gasteiger partial charge in [-0.25, -0.2) is 4.79 Å². The van der Waals surface area contributed by atoms with Crippen LogP contribution in [0.4, 0.5) is 0 Å². The number of ether oxygens (including phenoxy) is 3. The van der Waals surface area contributed by atoms with Crippen molar-refractivity contribution >= 4 is 12.0 Å². The molecule has 1 rings (SSSR count). The Hall–Kier alpha value is -2.48.